The molecule has 0 spiro atoms. The molecular weight excluding hydrogens is 344 g/mol. The monoisotopic (exact) mass is 366 g/mol. The van der Waals surface area contributed by atoms with Crippen molar-refractivity contribution >= 4 is 22.8 Å². The van der Waals surface area contributed by atoms with Crippen molar-refractivity contribution in [2.24, 2.45) is 0 Å². The molecule has 0 aliphatic carbocycles. The van der Waals surface area contributed by atoms with Crippen molar-refractivity contribution in [3.63, 3.8) is 0 Å². The van der Waals surface area contributed by atoms with E-state index in [9.17, 15) is 9.59 Å². The Morgan fingerprint density at radius 3 is 2.56 bits per heavy atom. The Hall–Kier alpha value is -3.28. The number of hydrogen-bond acceptors (Lipinski definition) is 4. The van der Waals surface area contributed by atoms with Crippen molar-refractivity contribution in [3.8, 4) is 5.75 Å². The molecule has 0 atom stereocenters. The summed E-state index contributed by atoms with van der Waals surface area (Å²) >= 11 is 0. The van der Waals surface area contributed by atoms with Crippen LogP contribution in [-0.2, 0) is 22.6 Å². The Bertz CT molecular complexity index is 900. The number of aryl methyl sites for hydroxylation is 1. The van der Waals surface area contributed by atoms with Gasteiger partial charge in [-0.15, -0.1) is 0 Å². The van der Waals surface area contributed by atoms with Crippen molar-refractivity contribution in [3.05, 3.63) is 65.9 Å². The minimum absolute atomic E-state index is 0.231. The van der Waals surface area contributed by atoms with Crippen molar-refractivity contribution in [1.29, 1.82) is 0 Å². The first kappa shape index (κ1) is 18.5. The fourth-order valence-electron chi connectivity index (χ4n) is 2.81. The number of fused-ring (bicyclic) bond motifs is 1. The van der Waals surface area contributed by atoms with E-state index >= 15 is 0 Å². The van der Waals surface area contributed by atoms with Crippen LogP contribution < -0.4 is 15.4 Å². The second-order valence-corrected chi connectivity index (χ2v) is 6.10. The van der Waals surface area contributed by atoms with Gasteiger partial charge in [-0.3, -0.25) is 9.59 Å². The number of carbonyl (C=O) groups is 2. The highest BCUT2D eigenvalue weighted by molar-refractivity contribution is 6.35. The SMILES string of the molecule is COc1ccccc1CNC(=O)C(=O)NCCCc1cc2ccccc2o1. The molecule has 0 bridgehead atoms. The summed E-state index contributed by atoms with van der Waals surface area (Å²) in [6, 6.07) is 17.1. The molecule has 1 aromatic heterocycles. The van der Waals surface area contributed by atoms with Gasteiger partial charge in [-0.2, -0.15) is 0 Å². The average molecular weight is 366 g/mol. The van der Waals surface area contributed by atoms with Gasteiger partial charge in [-0.1, -0.05) is 36.4 Å². The standard InChI is InChI=1S/C21H22N2O4/c1-26-18-10-4-3-8-16(18)14-23-21(25)20(24)22-12-6-9-17-13-15-7-2-5-11-19(15)27-17/h2-5,7-8,10-11,13H,6,9,12,14H2,1H3,(H,22,24)(H,23,25). The molecular formula is C21H22N2O4. The molecule has 27 heavy (non-hydrogen) atoms. The molecule has 3 rings (SSSR count). The number of hydrogen-bond donors (Lipinski definition) is 2. The van der Waals surface area contributed by atoms with Gasteiger partial charge in [-0.25, -0.2) is 0 Å². The third-order valence-electron chi connectivity index (χ3n) is 4.20. The molecule has 2 aromatic carbocycles. The summed E-state index contributed by atoms with van der Waals surface area (Å²) in [5.41, 5.74) is 1.67. The molecule has 0 saturated heterocycles. The number of benzene rings is 2. The van der Waals surface area contributed by atoms with Gasteiger partial charge in [0.2, 0.25) is 0 Å². The first-order valence-electron chi connectivity index (χ1n) is 8.83. The van der Waals surface area contributed by atoms with E-state index in [-0.39, 0.29) is 6.54 Å². The number of methoxy groups -OCH3 is 1. The zero-order valence-corrected chi connectivity index (χ0v) is 15.2. The summed E-state index contributed by atoms with van der Waals surface area (Å²) in [4.78, 5) is 23.8. The van der Waals surface area contributed by atoms with Crippen molar-refractivity contribution in [2.75, 3.05) is 13.7 Å². The van der Waals surface area contributed by atoms with E-state index < -0.39 is 11.8 Å². The lowest BCUT2D eigenvalue weighted by molar-refractivity contribution is -0.139. The predicted molar refractivity (Wildman–Crippen MR) is 102 cm³/mol. The molecule has 1 heterocycles. The van der Waals surface area contributed by atoms with Crippen LogP contribution in [0.1, 0.15) is 17.7 Å². The van der Waals surface area contributed by atoms with Gasteiger partial charge >= 0.3 is 11.8 Å². The van der Waals surface area contributed by atoms with Crippen LogP contribution in [0.3, 0.4) is 0 Å². The Morgan fingerprint density at radius 2 is 1.74 bits per heavy atom. The molecule has 6 nitrogen and oxygen atoms in total. The number of carbonyl (C=O) groups excluding carboxylic acids is 2. The lowest BCUT2D eigenvalue weighted by atomic mass is 10.2. The number of rotatable bonds is 7. The van der Waals surface area contributed by atoms with Crippen LogP contribution in [0.25, 0.3) is 11.0 Å². The molecule has 2 N–H and O–H groups in total. The van der Waals surface area contributed by atoms with Gasteiger partial charge in [0.15, 0.2) is 0 Å². The van der Waals surface area contributed by atoms with E-state index in [2.05, 4.69) is 10.6 Å². The summed E-state index contributed by atoms with van der Waals surface area (Å²) in [7, 11) is 1.56. The fourth-order valence-corrected chi connectivity index (χ4v) is 2.81. The van der Waals surface area contributed by atoms with Crippen LogP contribution in [0.2, 0.25) is 0 Å². The van der Waals surface area contributed by atoms with Crippen LogP contribution in [0.4, 0.5) is 0 Å². The maximum Gasteiger partial charge on any atom is 0.309 e. The predicted octanol–water partition coefficient (Wildman–Crippen LogP) is 2.81. The summed E-state index contributed by atoms with van der Waals surface area (Å²) in [6.45, 7) is 0.632. The van der Waals surface area contributed by atoms with Crippen molar-refractivity contribution < 1.29 is 18.7 Å². The highest BCUT2D eigenvalue weighted by Crippen LogP contribution is 2.19. The molecule has 0 radical (unpaired) electrons. The highest BCUT2D eigenvalue weighted by atomic mass is 16.5. The zero-order chi connectivity index (χ0) is 19.1. The fraction of sp³-hybridized carbons (Fsp3) is 0.238. The summed E-state index contributed by atoms with van der Waals surface area (Å²) < 4.78 is 10.9. The molecule has 0 saturated carbocycles. The van der Waals surface area contributed by atoms with Crippen LogP contribution >= 0.6 is 0 Å². The smallest absolute Gasteiger partial charge is 0.309 e. The normalized spacial score (nSPS) is 10.6. The molecule has 0 fully saturated rings. The van der Waals surface area contributed by atoms with Gasteiger partial charge in [0.1, 0.15) is 17.1 Å². The van der Waals surface area contributed by atoms with E-state index in [4.69, 9.17) is 9.15 Å². The first-order chi connectivity index (χ1) is 13.2. The largest absolute Gasteiger partial charge is 0.496 e. The molecule has 2 amide bonds. The number of ether oxygens (including phenoxy) is 1. The summed E-state index contributed by atoms with van der Waals surface area (Å²) in [5.74, 6) is 0.231. The third-order valence-corrected chi connectivity index (χ3v) is 4.20. The zero-order valence-electron chi connectivity index (χ0n) is 15.2. The van der Waals surface area contributed by atoms with Crippen LogP contribution in [-0.4, -0.2) is 25.5 Å². The van der Waals surface area contributed by atoms with Gasteiger partial charge in [0.05, 0.1) is 7.11 Å². The minimum Gasteiger partial charge on any atom is -0.496 e. The maximum atomic E-state index is 11.9. The second kappa shape index (κ2) is 8.89. The Labute approximate surface area is 157 Å². The first-order valence-corrected chi connectivity index (χ1v) is 8.83. The number of furan rings is 1. The quantitative estimate of drug-likeness (QED) is 0.498. The van der Waals surface area contributed by atoms with E-state index in [1.165, 1.54) is 0 Å². The van der Waals surface area contributed by atoms with E-state index in [0.29, 0.717) is 25.1 Å². The van der Waals surface area contributed by atoms with Crippen molar-refractivity contribution in [2.45, 2.75) is 19.4 Å². The van der Waals surface area contributed by atoms with Gasteiger partial charge in [0, 0.05) is 30.5 Å². The minimum atomic E-state index is -0.662. The lowest BCUT2D eigenvalue weighted by Crippen LogP contribution is -2.40. The maximum absolute atomic E-state index is 11.9. The van der Waals surface area contributed by atoms with Crippen molar-refractivity contribution in [1.82, 2.24) is 10.6 Å². The number of amides is 2. The average Bonchev–Trinajstić information content (AvgIpc) is 3.12. The highest BCUT2D eigenvalue weighted by Gasteiger charge is 2.13. The van der Waals surface area contributed by atoms with Gasteiger partial charge in [0.25, 0.3) is 0 Å². The van der Waals surface area contributed by atoms with E-state index in [0.717, 1.165) is 22.3 Å². The van der Waals surface area contributed by atoms with E-state index in [1.54, 1.807) is 13.2 Å². The number of para-hydroxylation sites is 2. The second-order valence-electron chi connectivity index (χ2n) is 6.10. The van der Waals surface area contributed by atoms with Crippen LogP contribution in [0.15, 0.2) is 59.0 Å². The molecule has 0 aliphatic heterocycles. The molecule has 0 aliphatic rings. The Morgan fingerprint density at radius 1 is 1.00 bits per heavy atom. The topological polar surface area (TPSA) is 80.6 Å². The van der Waals surface area contributed by atoms with Gasteiger partial charge in [-0.05, 0) is 24.6 Å². The van der Waals surface area contributed by atoms with Crippen LogP contribution in [0.5, 0.6) is 5.75 Å². The Kier molecular flexibility index (Phi) is 6.10. The molecule has 0 unspecified atom stereocenters. The summed E-state index contributed by atoms with van der Waals surface area (Å²) in [6.07, 6.45) is 1.38. The molecule has 140 valence electrons. The van der Waals surface area contributed by atoms with E-state index in [1.807, 2.05) is 48.5 Å². The Balaban J connectivity index is 1.40. The number of nitrogens with one attached hydrogen (secondary N) is 2. The lowest BCUT2D eigenvalue weighted by Gasteiger charge is -2.09. The molecule has 6 heteroatoms. The molecule has 3 aromatic rings. The van der Waals surface area contributed by atoms with Gasteiger partial charge < -0.3 is 19.8 Å². The van der Waals surface area contributed by atoms with Crippen LogP contribution in [0, 0.1) is 0 Å². The summed E-state index contributed by atoms with van der Waals surface area (Å²) in [5, 5.41) is 6.29. The third kappa shape index (κ3) is 4.88.